The SMILES string of the molecule is Cc1cccc(-c2nc(Cl)c(CCN)s2)c1. The van der Waals surface area contributed by atoms with E-state index in [1.165, 1.54) is 5.56 Å². The number of thiazole rings is 1. The first-order valence-electron chi connectivity index (χ1n) is 5.13. The van der Waals surface area contributed by atoms with Crippen molar-refractivity contribution in [1.82, 2.24) is 4.98 Å². The van der Waals surface area contributed by atoms with Gasteiger partial charge in [-0.2, -0.15) is 0 Å². The average Bonchev–Trinajstić information content (AvgIpc) is 2.61. The summed E-state index contributed by atoms with van der Waals surface area (Å²) in [5, 5.41) is 1.56. The van der Waals surface area contributed by atoms with Crippen molar-refractivity contribution in [2.75, 3.05) is 6.54 Å². The minimum Gasteiger partial charge on any atom is -0.330 e. The van der Waals surface area contributed by atoms with Gasteiger partial charge in [-0.05, 0) is 26.0 Å². The molecule has 0 aliphatic carbocycles. The van der Waals surface area contributed by atoms with Crippen LogP contribution < -0.4 is 5.73 Å². The van der Waals surface area contributed by atoms with Gasteiger partial charge >= 0.3 is 0 Å². The van der Waals surface area contributed by atoms with E-state index in [9.17, 15) is 0 Å². The molecule has 2 nitrogen and oxygen atoms in total. The molecule has 0 unspecified atom stereocenters. The van der Waals surface area contributed by atoms with Crippen LogP contribution in [0.15, 0.2) is 24.3 Å². The van der Waals surface area contributed by atoms with E-state index in [4.69, 9.17) is 17.3 Å². The van der Waals surface area contributed by atoms with E-state index in [1.807, 2.05) is 12.1 Å². The lowest BCUT2D eigenvalue weighted by Gasteiger charge is -1.96. The predicted octanol–water partition coefficient (Wildman–Crippen LogP) is 3.27. The number of aromatic nitrogens is 1. The first kappa shape index (κ1) is 11.6. The summed E-state index contributed by atoms with van der Waals surface area (Å²) < 4.78 is 0. The van der Waals surface area contributed by atoms with Gasteiger partial charge in [0.25, 0.3) is 0 Å². The van der Waals surface area contributed by atoms with Crippen molar-refractivity contribution >= 4 is 22.9 Å². The summed E-state index contributed by atoms with van der Waals surface area (Å²) in [7, 11) is 0. The minimum absolute atomic E-state index is 0.590. The number of hydrogen-bond acceptors (Lipinski definition) is 3. The Morgan fingerprint density at radius 3 is 2.94 bits per heavy atom. The zero-order valence-electron chi connectivity index (χ0n) is 9.03. The molecular formula is C12H13ClN2S. The van der Waals surface area contributed by atoms with Crippen LogP contribution in [0, 0.1) is 6.92 Å². The Kier molecular flexibility index (Phi) is 3.59. The van der Waals surface area contributed by atoms with Gasteiger partial charge in [0.05, 0.1) is 0 Å². The van der Waals surface area contributed by atoms with Crippen LogP contribution in [0.4, 0.5) is 0 Å². The summed E-state index contributed by atoms with van der Waals surface area (Å²) in [6, 6.07) is 8.26. The summed E-state index contributed by atoms with van der Waals surface area (Å²) in [6.07, 6.45) is 0.794. The van der Waals surface area contributed by atoms with Gasteiger partial charge < -0.3 is 5.73 Å². The van der Waals surface area contributed by atoms with Crippen LogP contribution in [0.25, 0.3) is 10.6 Å². The molecule has 0 fully saturated rings. The van der Waals surface area contributed by atoms with E-state index in [0.29, 0.717) is 11.7 Å². The van der Waals surface area contributed by atoms with Crippen LogP contribution in [0.2, 0.25) is 5.15 Å². The standard InChI is InChI=1S/C12H13ClN2S/c1-8-3-2-4-9(7-8)12-15-11(13)10(16-12)5-6-14/h2-4,7H,5-6,14H2,1H3. The van der Waals surface area contributed by atoms with Gasteiger partial charge in [-0.25, -0.2) is 4.98 Å². The number of nitrogens with two attached hydrogens (primary N) is 1. The molecule has 1 aromatic carbocycles. The summed E-state index contributed by atoms with van der Waals surface area (Å²) >= 11 is 7.68. The van der Waals surface area contributed by atoms with Crippen LogP contribution in [0.5, 0.6) is 0 Å². The smallest absolute Gasteiger partial charge is 0.143 e. The highest BCUT2D eigenvalue weighted by molar-refractivity contribution is 7.15. The van der Waals surface area contributed by atoms with Crippen molar-refractivity contribution in [1.29, 1.82) is 0 Å². The van der Waals surface area contributed by atoms with Crippen molar-refractivity contribution in [2.24, 2.45) is 5.73 Å². The zero-order chi connectivity index (χ0) is 11.5. The molecule has 0 aliphatic rings. The maximum absolute atomic E-state index is 6.06. The fourth-order valence-corrected chi connectivity index (χ4v) is 2.83. The number of nitrogens with zero attached hydrogens (tertiary/aromatic N) is 1. The van der Waals surface area contributed by atoms with Crippen LogP contribution in [-0.4, -0.2) is 11.5 Å². The van der Waals surface area contributed by atoms with Crippen LogP contribution in [0.3, 0.4) is 0 Å². The Morgan fingerprint density at radius 1 is 1.44 bits per heavy atom. The first-order chi connectivity index (χ1) is 7.70. The third-order valence-electron chi connectivity index (χ3n) is 2.29. The molecule has 0 saturated heterocycles. The maximum Gasteiger partial charge on any atom is 0.143 e. The van der Waals surface area contributed by atoms with Gasteiger partial charge in [0.1, 0.15) is 10.2 Å². The number of benzene rings is 1. The van der Waals surface area contributed by atoms with Crippen molar-refractivity contribution in [3.8, 4) is 10.6 Å². The fourth-order valence-electron chi connectivity index (χ4n) is 1.52. The molecule has 0 saturated carbocycles. The van der Waals surface area contributed by atoms with Gasteiger partial charge in [-0.3, -0.25) is 0 Å². The fraction of sp³-hybridized carbons (Fsp3) is 0.250. The first-order valence-corrected chi connectivity index (χ1v) is 6.32. The molecule has 4 heteroatoms. The average molecular weight is 253 g/mol. The highest BCUT2D eigenvalue weighted by atomic mass is 35.5. The second-order valence-electron chi connectivity index (χ2n) is 3.64. The summed E-state index contributed by atoms with van der Waals surface area (Å²) in [5.74, 6) is 0. The van der Waals surface area contributed by atoms with Crippen LogP contribution >= 0.6 is 22.9 Å². The molecule has 16 heavy (non-hydrogen) atoms. The van der Waals surface area contributed by atoms with Gasteiger partial charge in [0, 0.05) is 10.4 Å². The molecule has 0 radical (unpaired) electrons. The molecule has 0 spiro atoms. The van der Waals surface area contributed by atoms with E-state index in [1.54, 1.807) is 11.3 Å². The Labute approximate surface area is 104 Å². The van der Waals surface area contributed by atoms with E-state index >= 15 is 0 Å². The zero-order valence-corrected chi connectivity index (χ0v) is 10.6. The summed E-state index contributed by atoms with van der Waals surface area (Å²) in [6.45, 7) is 2.68. The van der Waals surface area contributed by atoms with Gasteiger partial charge in [-0.15, -0.1) is 11.3 Å². The Bertz CT molecular complexity index is 494. The van der Waals surface area contributed by atoms with Crippen molar-refractivity contribution < 1.29 is 0 Å². The lowest BCUT2D eigenvalue weighted by Crippen LogP contribution is -2.01. The highest BCUT2D eigenvalue weighted by Gasteiger charge is 2.09. The lowest BCUT2D eigenvalue weighted by atomic mass is 10.1. The lowest BCUT2D eigenvalue weighted by molar-refractivity contribution is 0.984. The molecule has 0 atom stereocenters. The number of hydrogen-bond donors (Lipinski definition) is 1. The molecule has 2 N–H and O–H groups in total. The molecule has 84 valence electrons. The van der Waals surface area contributed by atoms with Gasteiger partial charge in [-0.1, -0.05) is 35.4 Å². The number of halogens is 1. The monoisotopic (exact) mass is 252 g/mol. The third-order valence-corrected chi connectivity index (χ3v) is 3.87. The van der Waals surface area contributed by atoms with Crippen LogP contribution in [0.1, 0.15) is 10.4 Å². The van der Waals surface area contributed by atoms with E-state index in [-0.39, 0.29) is 0 Å². The van der Waals surface area contributed by atoms with Gasteiger partial charge in [0.15, 0.2) is 0 Å². The maximum atomic E-state index is 6.06. The van der Waals surface area contributed by atoms with E-state index < -0.39 is 0 Å². The molecule has 0 bridgehead atoms. The third kappa shape index (κ3) is 2.43. The van der Waals surface area contributed by atoms with Crippen molar-refractivity contribution in [2.45, 2.75) is 13.3 Å². The largest absolute Gasteiger partial charge is 0.330 e. The molecule has 2 rings (SSSR count). The van der Waals surface area contributed by atoms with Crippen molar-refractivity contribution in [3.05, 3.63) is 39.9 Å². The highest BCUT2D eigenvalue weighted by Crippen LogP contribution is 2.31. The Balaban J connectivity index is 2.37. The quantitative estimate of drug-likeness (QED) is 0.911. The van der Waals surface area contributed by atoms with E-state index in [0.717, 1.165) is 21.9 Å². The number of rotatable bonds is 3. The molecule has 2 aromatic rings. The Hall–Kier alpha value is -0.900. The molecule has 1 heterocycles. The topological polar surface area (TPSA) is 38.9 Å². The Morgan fingerprint density at radius 2 is 2.25 bits per heavy atom. The molecule has 1 aromatic heterocycles. The van der Waals surface area contributed by atoms with Crippen LogP contribution in [-0.2, 0) is 6.42 Å². The molecule has 0 aliphatic heterocycles. The van der Waals surface area contributed by atoms with E-state index in [2.05, 4.69) is 24.0 Å². The summed E-state index contributed by atoms with van der Waals surface area (Å²) in [5.41, 5.74) is 7.87. The number of aryl methyl sites for hydroxylation is 1. The minimum atomic E-state index is 0.590. The summed E-state index contributed by atoms with van der Waals surface area (Å²) in [4.78, 5) is 5.44. The second-order valence-corrected chi connectivity index (χ2v) is 5.08. The normalized spacial score (nSPS) is 10.7. The molecular weight excluding hydrogens is 240 g/mol. The molecule has 0 amide bonds. The predicted molar refractivity (Wildman–Crippen MR) is 70.1 cm³/mol. The second kappa shape index (κ2) is 4.95. The van der Waals surface area contributed by atoms with Gasteiger partial charge in [0.2, 0.25) is 0 Å². The van der Waals surface area contributed by atoms with Crippen molar-refractivity contribution in [3.63, 3.8) is 0 Å².